The standard InChI is InChI=1S/C23H26F2O5/c1-22(10-15-9-17(22)19-14-3-2-13(8-14)18(15)19)30-16-6-4-12(5-7-16)20(26)29-11-23(24,25)21(27)28/h4-7,13-15,17-19H,2-3,8-11H2,1H3,(H,27,28). The van der Waals surface area contributed by atoms with Gasteiger partial charge in [-0.15, -0.1) is 0 Å². The Morgan fingerprint density at radius 3 is 2.43 bits per heavy atom. The second kappa shape index (κ2) is 6.66. The van der Waals surface area contributed by atoms with Crippen LogP contribution < -0.4 is 4.74 Å². The smallest absolute Gasteiger partial charge is 0.378 e. The number of carboxylic acid groups (broad SMARTS) is 1. The normalized spacial score (nSPS) is 38.5. The highest BCUT2D eigenvalue weighted by Crippen LogP contribution is 2.70. The lowest BCUT2D eigenvalue weighted by Crippen LogP contribution is -2.46. The first kappa shape index (κ1) is 19.8. The minimum absolute atomic E-state index is 0.0785. The lowest BCUT2D eigenvalue weighted by molar-refractivity contribution is -0.170. The monoisotopic (exact) mass is 420 g/mol. The van der Waals surface area contributed by atoms with E-state index in [4.69, 9.17) is 9.84 Å². The van der Waals surface area contributed by atoms with E-state index in [1.807, 2.05) is 0 Å². The molecule has 4 bridgehead atoms. The largest absolute Gasteiger partial charge is 0.487 e. The third-order valence-corrected chi connectivity index (χ3v) is 8.20. The van der Waals surface area contributed by atoms with E-state index < -0.39 is 24.5 Å². The zero-order valence-corrected chi connectivity index (χ0v) is 16.9. The van der Waals surface area contributed by atoms with Crippen molar-refractivity contribution in [2.24, 2.45) is 35.5 Å². The number of carboxylic acids is 1. The molecular weight excluding hydrogens is 394 g/mol. The molecule has 0 radical (unpaired) electrons. The number of carbonyl (C=O) groups excluding carboxylic acids is 1. The third kappa shape index (κ3) is 3.00. The van der Waals surface area contributed by atoms with Crippen LogP contribution in [0.15, 0.2) is 24.3 Å². The van der Waals surface area contributed by atoms with Gasteiger partial charge in [0.25, 0.3) is 0 Å². The highest BCUT2D eigenvalue weighted by molar-refractivity contribution is 5.89. The van der Waals surface area contributed by atoms with Crippen LogP contribution in [0.1, 0.15) is 49.4 Å². The molecule has 0 aliphatic heterocycles. The highest BCUT2D eigenvalue weighted by atomic mass is 19.3. The van der Waals surface area contributed by atoms with Crippen LogP contribution in [0.3, 0.4) is 0 Å². The lowest BCUT2D eigenvalue weighted by atomic mass is 9.66. The maximum absolute atomic E-state index is 13.1. The molecule has 5 nitrogen and oxygen atoms in total. The summed E-state index contributed by atoms with van der Waals surface area (Å²) in [6, 6.07) is 6.24. The Kier molecular flexibility index (Phi) is 4.39. The van der Waals surface area contributed by atoms with Gasteiger partial charge >= 0.3 is 17.9 Å². The first-order valence-corrected chi connectivity index (χ1v) is 10.8. The maximum Gasteiger partial charge on any atom is 0.378 e. The molecule has 4 fully saturated rings. The summed E-state index contributed by atoms with van der Waals surface area (Å²) in [5.41, 5.74) is -0.128. The Balaban J connectivity index is 1.23. The average Bonchev–Trinajstić information content (AvgIpc) is 3.45. The Morgan fingerprint density at radius 2 is 1.77 bits per heavy atom. The van der Waals surface area contributed by atoms with E-state index in [1.165, 1.54) is 37.8 Å². The Morgan fingerprint density at radius 1 is 1.10 bits per heavy atom. The van der Waals surface area contributed by atoms with Gasteiger partial charge in [-0.05, 0) is 92.9 Å². The summed E-state index contributed by atoms with van der Waals surface area (Å²) < 4.78 is 37.1. The molecule has 0 saturated heterocycles. The number of hydrogen-bond acceptors (Lipinski definition) is 4. The quantitative estimate of drug-likeness (QED) is 0.545. The first-order valence-electron chi connectivity index (χ1n) is 10.8. The van der Waals surface area contributed by atoms with Crippen LogP contribution in [-0.2, 0) is 9.53 Å². The van der Waals surface area contributed by atoms with E-state index in [-0.39, 0.29) is 11.2 Å². The molecule has 4 saturated carbocycles. The van der Waals surface area contributed by atoms with Gasteiger partial charge in [0.05, 0.1) is 5.56 Å². The summed E-state index contributed by atoms with van der Waals surface area (Å²) in [7, 11) is 0. The average molecular weight is 420 g/mol. The number of ether oxygens (including phenoxy) is 2. The van der Waals surface area contributed by atoms with Gasteiger partial charge in [0.15, 0.2) is 6.61 Å². The second-order valence-corrected chi connectivity index (χ2v) is 9.82. The molecule has 1 aromatic rings. The van der Waals surface area contributed by atoms with E-state index in [9.17, 15) is 18.4 Å². The minimum Gasteiger partial charge on any atom is -0.487 e. The molecule has 0 amide bonds. The predicted molar refractivity (Wildman–Crippen MR) is 102 cm³/mol. The molecule has 7 atom stereocenters. The van der Waals surface area contributed by atoms with Gasteiger partial charge in [-0.3, -0.25) is 0 Å². The van der Waals surface area contributed by atoms with E-state index in [0.717, 1.165) is 36.0 Å². The van der Waals surface area contributed by atoms with Crippen molar-refractivity contribution in [3.05, 3.63) is 29.8 Å². The number of carbonyl (C=O) groups is 2. The number of hydrogen-bond donors (Lipinski definition) is 1. The number of fused-ring (bicyclic) bond motifs is 9. The van der Waals surface area contributed by atoms with Crippen molar-refractivity contribution in [1.82, 2.24) is 0 Å². The number of rotatable bonds is 6. The van der Waals surface area contributed by atoms with Crippen molar-refractivity contribution in [3.8, 4) is 5.75 Å². The van der Waals surface area contributed by atoms with Crippen LogP contribution in [0.5, 0.6) is 5.75 Å². The van der Waals surface area contributed by atoms with E-state index >= 15 is 0 Å². The fraction of sp³-hybridized carbons (Fsp3) is 0.652. The molecule has 4 aliphatic rings. The van der Waals surface area contributed by atoms with Crippen molar-refractivity contribution in [2.75, 3.05) is 6.61 Å². The van der Waals surface area contributed by atoms with Gasteiger partial charge in [-0.2, -0.15) is 8.78 Å². The summed E-state index contributed by atoms with van der Waals surface area (Å²) >= 11 is 0. The second-order valence-electron chi connectivity index (χ2n) is 9.82. The molecule has 162 valence electrons. The molecule has 7 unspecified atom stereocenters. The molecule has 4 aliphatic carbocycles. The SMILES string of the molecule is CC1(Oc2ccc(C(=O)OCC(F)(F)C(=O)O)cc2)CC2CC1C1C3CCC(C3)C21. The summed E-state index contributed by atoms with van der Waals surface area (Å²) in [6.07, 6.45) is 6.48. The molecule has 1 N–H and O–H groups in total. The van der Waals surface area contributed by atoms with Gasteiger partial charge in [-0.1, -0.05) is 0 Å². The van der Waals surface area contributed by atoms with Crippen LogP contribution in [0.2, 0.25) is 0 Å². The van der Waals surface area contributed by atoms with Crippen LogP contribution in [-0.4, -0.2) is 35.2 Å². The molecule has 0 spiro atoms. The zero-order chi connectivity index (χ0) is 21.3. The summed E-state index contributed by atoms with van der Waals surface area (Å²) in [5.74, 6) is -1.96. The van der Waals surface area contributed by atoms with Gasteiger partial charge in [0.2, 0.25) is 0 Å². The van der Waals surface area contributed by atoms with E-state index in [0.29, 0.717) is 11.7 Å². The summed E-state index contributed by atoms with van der Waals surface area (Å²) in [5, 5.41) is 8.40. The topological polar surface area (TPSA) is 72.8 Å². The molecule has 1 aromatic carbocycles. The van der Waals surface area contributed by atoms with Gasteiger partial charge in [0.1, 0.15) is 11.4 Å². The Hall–Kier alpha value is -2.18. The van der Waals surface area contributed by atoms with Crippen LogP contribution in [0, 0.1) is 35.5 Å². The Bertz CT molecular complexity index is 869. The number of esters is 1. The third-order valence-electron chi connectivity index (χ3n) is 8.20. The summed E-state index contributed by atoms with van der Waals surface area (Å²) in [4.78, 5) is 22.4. The molecule has 0 aromatic heterocycles. The first-order chi connectivity index (χ1) is 14.2. The summed E-state index contributed by atoms with van der Waals surface area (Å²) in [6.45, 7) is 0.710. The number of alkyl halides is 2. The number of aliphatic carboxylic acids is 1. The number of halogens is 2. The molecule has 7 heteroatoms. The predicted octanol–water partition coefficient (Wildman–Crippen LogP) is 4.40. The zero-order valence-electron chi connectivity index (χ0n) is 16.9. The highest BCUT2D eigenvalue weighted by Gasteiger charge is 2.66. The minimum atomic E-state index is -4.10. The Labute approximate surface area is 173 Å². The van der Waals surface area contributed by atoms with Crippen LogP contribution in [0.4, 0.5) is 8.78 Å². The molecule has 0 heterocycles. The molecular formula is C23H26F2O5. The van der Waals surface area contributed by atoms with Gasteiger partial charge < -0.3 is 14.6 Å². The lowest BCUT2D eigenvalue weighted by Gasteiger charge is -2.44. The van der Waals surface area contributed by atoms with Crippen LogP contribution in [0.25, 0.3) is 0 Å². The fourth-order valence-corrected chi connectivity index (χ4v) is 7.21. The molecule has 30 heavy (non-hydrogen) atoms. The van der Waals surface area contributed by atoms with Crippen molar-refractivity contribution in [3.63, 3.8) is 0 Å². The number of benzene rings is 1. The fourth-order valence-electron chi connectivity index (χ4n) is 7.21. The van der Waals surface area contributed by atoms with Crippen LogP contribution >= 0.6 is 0 Å². The van der Waals surface area contributed by atoms with Crippen molar-refractivity contribution in [2.45, 2.75) is 50.6 Å². The maximum atomic E-state index is 13.1. The van der Waals surface area contributed by atoms with Gasteiger partial charge in [-0.25, -0.2) is 9.59 Å². The van der Waals surface area contributed by atoms with E-state index in [1.54, 1.807) is 12.1 Å². The van der Waals surface area contributed by atoms with Gasteiger partial charge in [0, 0.05) is 5.92 Å². The molecule has 5 rings (SSSR count). The van der Waals surface area contributed by atoms with Crippen molar-refractivity contribution >= 4 is 11.9 Å². The van der Waals surface area contributed by atoms with Crippen molar-refractivity contribution in [1.29, 1.82) is 0 Å². The van der Waals surface area contributed by atoms with E-state index in [2.05, 4.69) is 11.7 Å². The van der Waals surface area contributed by atoms with Crippen molar-refractivity contribution < 1.29 is 33.0 Å².